The van der Waals surface area contributed by atoms with Gasteiger partial charge in [-0.25, -0.2) is 9.89 Å². The van der Waals surface area contributed by atoms with Crippen LogP contribution < -0.4 is 16.1 Å². The van der Waals surface area contributed by atoms with Crippen LogP contribution in [0.25, 0.3) is 0 Å². The highest BCUT2D eigenvalue weighted by molar-refractivity contribution is 5.35. The summed E-state index contributed by atoms with van der Waals surface area (Å²) < 4.78 is 0. The van der Waals surface area contributed by atoms with E-state index in [2.05, 4.69) is 15.2 Å². The zero-order valence-electron chi connectivity index (χ0n) is 8.99. The van der Waals surface area contributed by atoms with Crippen LogP contribution in [0.15, 0.2) is 9.59 Å². The summed E-state index contributed by atoms with van der Waals surface area (Å²) in [5, 5.41) is 15.8. The van der Waals surface area contributed by atoms with Gasteiger partial charge < -0.3 is 10.0 Å². The SMILES string of the molecule is CC1(O)CCCN(c2n[nH]c(=O)[nH]c2=O)C1. The number of nitrogens with one attached hydrogen (secondary N) is 2. The Kier molecular flexibility index (Phi) is 2.55. The van der Waals surface area contributed by atoms with Crippen molar-refractivity contribution < 1.29 is 5.11 Å². The van der Waals surface area contributed by atoms with E-state index in [0.717, 1.165) is 6.42 Å². The number of hydrogen-bond donors (Lipinski definition) is 3. The van der Waals surface area contributed by atoms with E-state index >= 15 is 0 Å². The average Bonchev–Trinajstić information content (AvgIpc) is 2.15. The van der Waals surface area contributed by atoms with E-state index in [9.17, 15) is 14.7 Å². The lowest BCUT2D eigenvalue weighted by atomic mass is 9.95. The van der Waals surface area contributed by atoms with Gasteiger partial charge in [0, 0.05) is 13.1 Å². The summed E-state index contributed by atoms with van der Waals surface area (Å²) >= 11 is 0. The quantitative estimate of drug-likeness (QED) is 0.559. The monoisotopic (exact) mass is 226 g/mol. The number of rotatable bonds is 1. The molecule has 88 valence electrons. The van der Waals surface area contributed by atoms with Gasteiger partial charge in [-0.15, -0.1) is 5.10 Å². The minimum atomic E-state index is -0.817. The van der Waals surface area contributed by atoms with Crippen molar-refractivity contribution in [3.63, 3.8) is 0 Å². The molecule has 0 amide bonds. The highest BCUT2D eigenvalue weighted by atomic mass is 16.3. The molecule has 0 saturated carbocycles. The van der Waals surface area contributed by atoms with Crippen molar-refractivity contribution in [1.29, 1.82) is 0 Å². The number of aromatic amines is 2. The van der Waals surface area contributed by atoms with Crippen molar-refractivity contribution in [3.8, 4) is 0 Å². The first-order chi connectivity index (χ1) is 7.48. The third-order valence-corrected chi connectivity index (χ3v) is 2.67. The van der Waals surface area contributed by atoms with Gasteiger partial charge in [-0.1, -0.05) is 0 Å². The number of β-amino-alcohol motifs (C(OH)–C–C–N with tert-alkyl or cyclic N) is 1. The molecule has 7 heteroatoms. The van der Waals surface area contributed by atoms with Gasteiger partial charge in [0.05, 0.1) is 5.60 Å². The molecule has 1 unspecified atom stereocenters. The molecular formula is C9H14N4O3. The first-order valence-corrected chi connectivity index (χ1v) is 5.14. The molecule has 2 rings (SSSR count). The van der Waals surface area contributed by atoms with E-state index in [0.29, 0.717) is 19.5 Å². The number of hydrogen-bond acceptors (Lipinski definition) is 5. The van der Waals surface area contributed by atoms with E-state index in [-0.39, 0.29) is 5.82 Å². The van der Waals surface area contributed by atoms with Crippen LogP contribution in [0.4, 0.5) is 5.82 Å². The van der Waals surface area contributed by atoms with Crippen molar-refractivity contribution in [2.75, 3.05) is 18.0 Å². The molecule has 1 aromatic heterocycles. The Labute approximate surface area is 91.1 Å². The zero-order chi connectivity index (χ0) is 11.8. The minimum absolute atomic E-state index is 0.152. The molecule has 1 aliphatic heterocycles. The Bertz CT molecular complexity index is 490. The summed E-state index contributed by atoms with van der Waals surface area (Å²) in [6.07, 6.45) is 1.48. The van der Waals surface area contributed by atoms with Gasteiger partial charge in [-0.3, -0.25) is 9.78 Å². The molecule has 1 saturated heterocycles. The maximum absolute atomic E-state index is 11.5. The normalized spacial score (nSPS) is 25.8. The second-order valence-corrected chi connectivity index (χ2v) is 4.35. The Balaban J connectivity index is 2.31. The van der Waals surface area contributed by atoms with Gasteiger partial charge in [0.25, 0.3) is 5.56 Å². The highest BCUT2D eigenvalue weighted by Gasteiger charge is 2.30. The van der Waals surface area contributed by atoms with Crippen LogP contribution in [-0.2, 0) is 0 Å². The molecule has 0 aromatic carbocycles. The number of piperidine rings is 1. The summed E-state index contributed by atoms with van der Waals surface area (Å²) in [6.45, 7) is 2.71. The second-order valence-electron chi connectivity index (χ2n) is 4.35. The molecule has 0 radical (unpaired) electrons. The molecule has 1 atom stereocenters. The van der Waals surface area contributed by atoms with E-state index in [4.69, 9.17) is 0 Å². The Hall–Kier alpha value is -1.63. The number of aliphatic hydroxyl groups is 1. The summed E-state index contributed by atoms with van der Waals surface area (Å²) in [4.78, 5) is 26.1. The molecule has 3 N–H and O–H groups in total. The Morgan fingerprint density at radius 3 is 2.88 bits per heavy atom. The number of anilines is 1. The first-order valence-electron chi connectivity index (χ1n) is 5.14. The Morgan fingerprint density at radius 2 is 2.25 bits per heavy atom. The first kappa shape index (κ1) is 10.9. The highest BCUT2D eigenvalue weighted by Crippen LogP contribution is 2.21. The molecule has 16 heavy (non-hydrogen) atoms. The van der Waals surface area contributed by atoms with Crippen LogP contribution in [0, 0.1) is 0 Å². The van der Waals surface area contributed by atoms with Crippen LogP contribution in [-0.4, -0.2) is 39.0 Å². The maximum Gasteiger partial charge on any atom is 0.342 e. The van der Waals surface area contributed by atoms with Gasteiger partial charge in [-0.2, -0.15) is 0 Å². The van der Waals surface area contributed by atoms with Crippen LogP contribution in [0.3, 0.4) is 0 Å². The standard InChI is InChI=1S/C9H14N4O3/c1-9(16)3-2-4-13(5-9)6-7(14)10-8(15)12-11-6/h16H,2-5H2,1H3,(H2,10,12,14,15). The van der Waals surface area contributed by atoms with Gasteiger partial charge in [-0.05, 0) is 19.8 Å². The van der Waals surface area contributed by atoms with E-state index in [1.807, 2.05) is 0 Å². The molecule has 7 nitrogen and oxygen atoms in total. The fourth-order valence-corrected chi connectivity index (χ4v) is 1.96. The number of aromatic nitrogens is 3. The fraction of sp³-hybridized carbons (Fsp3) is 0.667. The molecule has 1 aromatic rings. The maximum atomic E-state index is 11.5. The molecule has 0 bridgehead atoms. The lowest BCUT2D eigenvalue weighted by molar-refractivity contribution is 0.0446. The van der Waals surface area contributed by atoms with Crippen molar-refractivity contribution in [2.24, 2.45) is 0 Å². The predicted molar refractivity (Wildman–Crippen MR) is 57.5 cm³/mol. The van der Waals surface area contributed by atoms with Crippen molar-refractivity contribution >= 4 is 5.82 Å². The summed E-state index contributed by atoms with van der Waals surface area (Å²) in [6, 6.07) is 0. The lowest BCUT2D eigenvalue weighted by Gasteiger charge is -2.36. The van der Waals surface area contributed by atoms with Gasteiger partial charge in [0.2, 0.25) is 5.82 Å². The van der Waals surface area contributed by atoms with Gasteiger partial charge >= 0.3 is 5.69 Å². The van der Waals surface area contributed by atoms with Crippen molar-refractivity contribution in [3.05, 3.63) is 20.8 Å². The molecular weight excluding hydrogens is 212 g/mol. The third-order valence-electron chi connectivity index (χ3n) is 2.67. The Morgan fingerprint density at radius 1 is 1.50 bits per heavy atom. The summed E-state index contributed by atoms with van der Waals surface area (Å²) in [5.41, 5.74) is -1.97. The fourth-order valence-electron chi connectivity index (χ4n) is 1.96. The molecule has 1 aliphatic rings. The lowest BCUT2D eigenvalue weighted by Crippen LogP contribution is -2.48. The van der Waals surface area contributed by atoms with E-state index in [1.165, 1.54) is 0 Å². The summed E-state index contributed by atoms with van der Waals surface area (Å²) in [5.74, 6) is 0.152. The van der Waals surface area contributed by atoms with Crippen molar-refractivity contribution in [1.82, 2.24) is 15.2 Å². The predicted octanol–water partition coefficient (Wildman–Crippen LogP) is -1.19. The summed E-state index contributed by atoms with van der Waals surface area (Å²) in [7, 11) is 0. The largest absolute Gasteiger partial charge is 0.388 e. The van der Waals surface area contributed by atoms with Crippen LogP contribution >= 0.6 is 0 Å². The molecule has 0 spiro atoms. The average molecular weight is 226 g/mol. The second kappa shape index (κ2) is 3.75. The van der Waals surface area contributed by atoms with Crippen molar-refractivity contribution in [2.45, 2.75) is 25.4 Å². The molecule has 0 aliphatic carbocycles. The van der Waals surface area contributed by atoms with E-state index in [1.54, 1.807) is 11.8 Å². The zero-order valence-corrected chi connectivity index (χ0v) is 8.99. The number of H-pyrrole nitrogens is 2. The third kappa shape index (κ3) is 2.13. The van der Waals surface area contributed by atoms with Crippen LogP contribution in [0.2, 0.25) is 0 Å². The van der Waals surface area contributed by atoms with Gasteiger partial charge in [0.15, 0.2) is 0 Å². The van der Waals surface area contributed by atoms with Crippen LogP contribution in [0.5, 0.6) is 0 Å². The minimum Gasteiger partial charge on any atom is -0.388 e. The topological polar surface area (TPSA) is 102 Å². The smallest absolute Gasteiger partial charge is 0.342 e. The van der Waals surface area contributed by atoms with Crippen LogP contribution in [0.1, 0.15) is 19.8 Å². The molecule has 2 heterocycles. The molecule has 1 fully saturated rings. The number of nitrogens with zero attached hydrogens (tertiary/aromatic N) is 2. The van der Waals surface area contributed by atoms with E-state index < -0.39 is 16.9 Å². The van der Waals surface area contributed by atoms with Gasteiger partial charge in [0.1, 0.15) is 0 Å².